The summed E-state index contributed by atoms with van der Waals surface area (Å²) in [5.41, 5.74) is 14.7. The van der Waals surface area contributed by atoms with Crippen molar-refractivity contribution >= 4 is 28.7 Å². The average molecular weight is 499 g/mol. The van der Waals surface area contributed by atoms with Crippen LogP contribution in [0.1, 0.15) is 29.2 Å². The molecule has 4 rings (SSSR count). The molecule has 4 aromatic rings. The number of aromatic nitrogens is 2. The number of ether oxygens (including phenoxy) is 4. The summed E-state index contributed by atoms with van der Waals surface area (Å²) in [6.45, 7) is 1.97. The van der Waals surface area contributed by atoms with E-state index in [1.807, 2.05) is 36.4 Å². The highest BCUT2D eigenvalue weighted by atomic mass is 16.7. The van der Waals surface area contributed by atoms with Crippen LogP contribution in [0.15, 0.2) is 54.7 Å². The molecule has 0 radical (unpaired) electrons. The van der Waals surface area contributed by atoms with E-state index in [1.165, 1.54) is 0 Å². The zero-order valence-electron chi connectivity index (χ0n) is 20.7. The largest absolute Gasteiger partial charge is 0.513 e. The molecule has 1 heterocycles. The van der Waals surface area contributed by atoms with Gasteiger partial charge < -0.3 is 30.4 Å². The van der Waals surface area contributed by atoms with E-state index < -0.39 is 6.16 Å². The molecule has 9 heteroatoms. The fourth-order valence-corrected chi connectivity index (χ4v) is 3.75. The van der Waals surface area contributed by atoms with Crippen LogP contribution in [0.4, 0.5) is 16.6 Å². The van der Waals surface area contributed by atoms with Crippen LogP contribution in [0.5, 0.6) is 17.2 Å². The number of carbonyl (C=O) groups excluding carboxylic acids is 1. The topological polar surface area (TPSA) is 132 Å². The van der Waals surface area contributed by atoms with Crippen molar-refractivity contribution in [3.63, 3.8) is 0 Å². The minimum Gasteiger partial charge on any atom is -0.493 e. The van der Waals surface area contributed by atoms with Gasteiger partial charge in [-0.1, -0.05) is 24.0 Å². The lowest BCUT2D eigenvalue weighted by molar-refractivity contribution is 0.104. The molecule has 0 atom stereocenters. The Labute approximate surface area is 214 Å². The lowest BCUT2D eigenvalue weighted by Gasteiger charge is -2.13. The first-order valence-corrected chi connectivity index (χ1v) is 11.4. The zero-order chi connectivity index (χ0) is 26.4. The highest BCUT2D eigenvalue weighted by Gasteiger charge is 2.13. The fraction of sp³-hybridized carbons (Fsp3) is 0.179. The van der Waals surface area contributed by atoms with Crippen molar-refractivity contribution in [3.8, 4) is 29.1 Å². The van der Waals surface area contributed by atoms with Crippen molar-refractivity contribution in [3.05, 3.63) is 77.0 Å². The highest BCUT2D eigenvalue weighted by molar-refractivity contribution is 5.85. The molecule has 0 amide bonds. The monoisotopic (exact) mass is 498 g/mol. The molecule has 0 unspecified atom stereocenters. The number of benzene rings is 3. The Morgan fingerprint density at radius 2 is 1.76 bits per heavy atom. The molecule has 0 saturated carbocycles. The van der Waals surface area contributed by atoms with Gasteiger partial charge in [0.1, 0.15) is 11.6 Å². The summed E-state index contributed by atoms with van der Waals surface area (Å²) < 4.78 is 21.1. The van der Waals surface area contributed by atoms with Crippen LogP contribution in [-0.2, 0) is 11.2 Å². The van der Waals surface area contributed by atoms with Gasteiger partial charge in [0.15, 0.2) is 11.5 Å². The summed E-state index contributed by atoms with van der Waals surface area (Å²) >= 11 is 0. The van der Waals surface area contributed by atoms with Gasteiger partial charge >= 0.3 is 6.16 Å². The van der Waals surface area contributed by atoms with Gasteiger partial charge in [0, 0.05) is 23.7 Å². The number of nitrogens with two attached hydrogens (primary N) is 2. The van der Waals surface area contributed by atoms with Gasteiger partial charge in [0.05, 0.1) is 26.4 Å². The number of hydrogen-bond acceptors (Lipinski definition) is 9. The van der Waals surface area contributed by atoms with Crippen LogP contribution in [0, 0.1) is 11.8 Å². The molecule has 0 fully saturated rings. The average Bonchev–Trinajstić information content (AvgIpc) is 2.88. The number of nitrogen functional groups attached to an aromatic ring is 2. The molecule has 0 spiro atoms. The molecule has 37 heavy (non-hydrogen) atoms. The maximum absolute atomic E-state index is 11.6. The minimum absolute atomic E-state index is 0.123. The first kappa shape index (κ1) is 25.1. The SMILES string of the molecule is CCOC(=O)Oc1ccc2cc(C#Cc3cc(Cc4cnc(N)nc4N)cc(OC)c3OC)ccc2c1. The number of nitrogens with zero attached hydrogens (tertiary/aromatic N) is 2. The zero-order valence-corrected chi connectivity index (χ0v) is 20.7. The molecular formula is C28H26N4O5. The van der Waals surface area contributed by atoms with E-state index >= 15 is 0 Å². The van der Waals surface area contributed by atoms with Crippen LogP contribution in [0.3, 0.4) is 0 Å². The first-order valence-electron chi connectivity index (χ1n) is 11.4. The van der Waals surface area contributed by atoms with Crippen molar-refractivity contribution in [2.75, 3.05) is 32.3 Å². The fourth-order valence-electron chi connectivity index (χ4n) is 3.75. The molecule has 188 valence electrons. The van der Waals surface area contributed by atoms with Crippen molar-refractivity contribution in [2.45, 2.75) is 13.3 Å². The maximum Gasteiger partial charge on any atom is 0.513 e. The lowest BCUT2D eigenvalue weighted by Crippen LogP contribution is -2.09. The van der Waals surface area contributed by atoms with Crippen LogP contribution >= 0.6 is 0 Å². The standard InChI is InChI=1S/C28H26N4O5/c1-4-36-28(33)37-23-10-9-19-11-17(5-7-20(19)15-23)6-8-21-12-18(14-24(34-2)25(21)35-3)13-22-16-31-27(30)32-26(22)29/h5,7,9-12,14-16H,4,13H2,1-3H3,(H4,29,30,31,32). The molecular weight excluding hydrogens is 472 g/mol. The van der Waals surface area contributed by atoms with Crippen molar-refractivity contribution in [2.24, 2.45) is 0 Å². The van der Waals surface area contributed by atoms with Gasteiger partial charge in [-0.3, -0.25) is 0 Å². The van der Waals surface area contributed by atoms with E-state index in [0.29, 0.717) is 35.1 Å². The van der Waals surface area contributed by atoms with E-state index in [-0.39, 0.29) is 12.6 Å². The van der Waals surface area contributed by atoms with Crippen molar-refractivity contribution in [1.82, 2.24) is 9.97 Å². The minimum atomic E-state index is -0.734. The normalized spacial score (nSPS) is 10.4. The van der Waals surface area contributed by atoms with E-state index in [2.05, 4.69) is 21.8 Å². The number of anilines is 2. The summed E-state index contributed by atoms with van der Waals surface area (Å²) in [6, 6.07) is 14.9. The van der Waals surface area contributed by atoms with Gasteiger partial charge in [0.2, 0.25) is 5.95 Å². The molecule has 9 nitrogen and oxygen atoms in total. The molecule has 3 aromatic carbocycles. The third-order valence-corrected chi connectivity index (χ3v) is 5.47. The second kappa shape index (κ2) is 11.2. The smallest absolute Gasteiger partial charge is 0.493 e. The predicted molar refractivity (Wildman–Crippen MR) is 141 cm³/mol. The molecule has 0 aliphatic heterocycles. The van der Waals surface area contributed by atoms with Gasteiger partial charge in [-0.05, 0) is 59.7 Å². The van der Waals surface area contributed by atoms with E-state index in [1.54, 1.807) is 39.5 Å². The first-order chi connectivity index (χ1) is 17.9. The van der Waals surface area contributed by atoms with Gasteiger partial charge in [-0.25, -0.2) is 9.78 Å². The van der Waals surface area contributed by atoms with Crippen LogP contribution in [0.25, 0.3) is 10.8 Å². The summed E-state index contributed by atoms with van der Waals surface area (Å²) in [5.74, 6) is 8.32. The summed E-state index contributed by atoms with van der Waals surface area (Å²) in [6.07, 6.45) is 1.34. The van der Waals surface area contributed by atoms with E-state index in [4.69, 9.17) is 30.4 Å². The Morgan fingerprint density at radius 3 is 2.49 bits per heavy atom. The van der Waals surface area contributed by atoms with Gasteiger partial charge in [0.25, 0.3) is 0 Å². The second-order valence-electron chi connectivity index (χ2n) is 7.95. The second-order valence-corrected chi connectivity index (χ2v) is 7.95. The third-order valence-electron chi connectivity index (χ3n) is 5.47. The van der Waals surface area contributed by atoms with Gasteiger partial charge in [-0.15, -0.1) is 0 Å². The third kappa shape index (κ3) is 6.00. The van der Waals surface area contributed by atoms with E-state index in [9.17, 15) is 4.79 Å². The Balaban J connectivity index is 1.64. The summed E-state index contributed by atoms with van der Waals surface area (Å²) in [4.78, 5) is 19.6. The maximum atomic E-state index is 11.6. The van der Waals surface area contributed by atoms with Gasteiger partial charge in [-0.2, -0.15) is 4.98 Å². The number of fused-ring (bicyclic) bond motifs is 1. The molecule has 1 aromatic heterocycles. The van der Waals surface area contributed by atoms with Crippen LogP contribution in [-0.4, -0.2) is 36.9 Å². The Morgan fingerprint density at radius 1 is 0.973 bits per heavy atom. The molecule has 0 bridgehead atoms. The van der Waals surface area contributed by atoms with Crippen molar-refractivity contribution < 1.29 is 23.7 Å². The summed E-state index contributed by atoms with van der Waals surface area (Å²) in [5, 5.41) is 1.84. The highest BCUT2D eigenvalue weighted by Crippen LogP contribution is 2.33. The number of carbonyl (C=O) groups is 1. The van der Waals surface area contributed by atoms with Crippen LogP contribution < -0.4 is 25.7 Å². The number of rotatable bonds is 6. The quantitative estimate of drug-likeness (QED) is 0.226. The molecule has 0 aliphatic carbocycles. The number of methoxy groups -OCH3 is 2. The van der Waals surface area contributed by atoms with Crippen molar-refractivity contribution in [1.29, 1.82) is 0 Å². The summed E-state index contributed by atoms with van der Waals surface area (Å²) in [7, 11) is 3.14. The molecule has 0 aliphatic rings. The molecule has 0 saturated heterocycles. The lowest BCUT2D eigenvalue weighted by atomic mass is 10.0. The predicted octanol–water partition coefficient (Wildman–Crippen LogP) is 4.34. The van der Waals surface area contributed by atoms with E-state index in [0.717, 1.165) is 27.5 Å². The Bertz CT molecular complexity index is 1520. The number of hydrogen-bond donors (Lipinski definition) is 2. The molecule has 4 N–H and O–H groups in total. The van der Waals surface area contributed by atoms with Crippen LogP contribution in [0.2, 0.25) is 0 Å². The Hall–Kier alpha value is -4.97. The Kier molecular flexibility index (Phi) is 7.59.